The van der Waals surface area contributed by atoms with Crippen LogP contribution < -0.4 is 0 Å². The largest absolute Gasteiger partial charge is 0.388 e. The Morgan fingerprint density at radius 2 is 1.53 bits per heavy atom. The fraction of sp³-hybridized carbons (Fsp3) is 0.500. The SMILES string of the molecule is Cl.O[C@@H](c1cc(F)c(F)c(F)c1)C1CCCC1. The zero-order valence-corrected chi connectivity index (χ0v) is 9.94. The summed E-state index contributed by atoms with van der Waals surface area (Å²) in [4.78, 5) is 0. The lowest BCUT2D eigenvalue weighted by Gasteiger charge is -2.18. The first kappa shape index (κ1) is 14.3. The van der Waals surface area contributed by atoms with Crippen molar-refractivity contribution in [1.29, 1.82) is 0 Å². The third kappa shape index (κ3) is 2.93. The molecule has 5 heteroatoms. The van der Waals surface area contributed by atoms with Crippen LogP contribution in [0.3, 0.4) is 0 Å². The molecular formula is C12H14ClF3O. The van der Waals surface area contributed by atoms with Crippen LogP contribution in [0.25, 0.3) is 0 Å². The Kier molecular flexibility index (Phi) is 4.83. The Morgan fingerprint density at radius 3 is 2.00 bits per heavy atom. The van der Waals surface area contributed by atoms with Crippen LogP contribution in [0.4, 0.5) is 13.2 Å². The minimum atomic E-state index is -1.48. The first-order valence-electron chi connectivity index (χ1n) is 5.42. The molecule has 0 unspecified atom stereocenters. The number of hydrogen-bond donors (Lipinski definition) is 1. The summed E-state index contributed by atoms with van der Waals surface area (Å²) in [6.07, 6.45) is 2.85. The van der Waals surface area contributed by atoms with E-state index in [1.54, 1.807) is 0 Å². The van der Waals surface area contributed by atoms with Gasteiger partial charge in [-0.05, 0) is 36.5 Å². The van der Waals surface area contributed by atoms with Gasteiger partial charge in [0.25, 0.3) is 0 Å². The molecule has 0 amide bonds. The van der Waals surface area contributed by atoms with Crippen LogP contribution in [0.1, 0.15) is 37.4 Å². The average molecular weight is 267 g/mol. The summed E-state index contributed by atoms with van der Waals surface area (Å²) in [5.74, 6) is -3.94. The molecule has 0 aliphatic heterocycles. The van der Waals surface area contributed by atoms with Gasteiger partial charge in [-0.15, -0.1) is 12.4 Å². The van der Waals surface area contributed by atoms with Crippen LogP contribution in [-0.2, 0) is 0 Å². The second-order valence-electron chi connectivity index (χ2n) is 4.29. The van der Waals surface area contributed by atoms with E-state index in [0.29, 0.717) is 0 Å². The van der Waals surface area contributed by atoms with Gasteiger partial charge in [-0.3, -0.25) is 0 Å². The van der Waals surface area contributed by atoms with Crippen LogP contribution in [0.2, 0.25) is 0 Å². The monoisotopic (exact) mass is 266 g/mol. The van der Waals surface area contributed by atoms with Crippen LogP contribution in [0, 0.1) is 23.4 Å². The highest BCUT2D eigenvalue weighted by atomic mass is 35.5. The molecule has 1 saturated carbocycles. The van der Waals surface area contributed by atoms with Gasteiger partial charge < -0.3 is 5.11 Å². The molecule has 1 aromatic carbocycles. The molecule has 1 aliphatic carbocycles. The molecule has 1 aromatic rings. The molecule has 1 atom stereocenters. The van der Waals surface area contributed by atoms with Gasteiger partial charge in [0.2, 0.25) is 0 Å². The quantitative estimate of drug-likeness (QED) is 0.809. The summed E-state index contributed by atoms with van der Waals surface area (Å²) in [5.41, 5.74) is 0.128. The number of benzene rings is 1. The Balaban J connectivity index is 0.00000144. The Bertz CT molecular complexity index is 368. The summed E-state index contributed by atoms with van der Waals surface area (Å²) in [5, 5.41) is 9.90. The normalized spacial score (nSPS) is 17.9. The zero-order valence-electron chi connectivity index (χ0n) is 9.13. The molecule has 1 N–H and O–H groups in total. The first-order valence-corrected chi connectivity index (χ1v) is 5.42. The molecule has 0 aromatic heterocycles. The molecule has 1 fully saturated rings. The van der Waals surface area contributed by atoms with Crippen molar-refractivity contribution in [3.63, 3.8) is 0 Å². The molecule has 2 rings (SSSR count). The van der Waals surface area contributed by atoms with Crippen molar-refractivity contribution >= 4 is 12.4 Å². The van der Waals surface area contributed by atoms with Gasteiger partial charge in [0.1, 0.15) is 0 Å². The number of rotatable bonds is 2. The molecule has 0 radical (unpaired) electrons. The highest BCUT2D eigenvalue weighted by Crippen LogP contribution is 2.36. The van der Waals surface area contributed by atoms with Crippen molar-refractivity contribution in [3.8, 4) is 0 Å². The van der Waals surface area contributed by atoms with Gasteiger partial charge in [0, 0.05) is 0 Å². The van der Waals surface area contributed by atoms with Crippen molar-refractivity contribution in [2.75, 3.05) is 0 Å². The molecule has 1 nitrogen and oxygen atoms in total. The lowest BCUT2D eigenvalue weighted by atomic mass is 9.94. The summed E-state index contributed by atoms with van der Waals surface area (Å²) < 4.78 is 38.6. The average Bonchev–Trinajstić information content (AvgIpc) is 2.77. The van der Waals surface area contributed by atoms with Crippen molar-refractivity contribution < 1.29 is 18.3 Å². The van der Waals surface area contributed by atoms with E-state index >= 15 is 0 Å². The molecule has 0 spiro atoms. The first-order chi connectivity index (χ1) is 7.59. The van der Waals surface area contributed by atoms with Gasteiger partial charge >= 0.3 is 0 Å². The standard InChI is InChI=1S/C12H13F3O.ClH/c13-9-5-8(6-10(14)11(9)15)12(16)7-3-1-2-4-7;/h5-7,12,16H,1-4H2;1H/t12-;/m1./s1. The van der Waals surface area contributed by atoms with Gasteiger partial charge in [-0.1, -0.05) is 12.8 Å². The van der Waals surface area contributed by atoms with Gasteiger partial charge in [-0.2, -0.15) is 0 Å². The van der Waals surface area contributed by atoms with Gasteiger partial charge in [0.15, 0.2) is 17.5 Å². The third-order valence-electron chi connectivity index (χ3n) is 3.19. The van der Waals surface area contributed by atoms with E-state index in [4.69, 9.17) is 0 Å². The molecule has 1 aliphatic rings. The van der Waals surface area contributed by atoms with E-state index in [-0.39, 0.29) is 23.9 Å². The van der Waals surface area contributed by atoms with Crippen molar-refractivity contribution in [1.82, 2.24) is 0 Å². The lowest BCUT2D eigenvalue weighted by molar-refractivity contribution is 0.110. The van der Waals surface area contributed by atoms with E-state index in [0.717, 1.165) is 37.8 Å². The van der Waals surface area contributed by atoms with E-state index in [9.17, 15) is 18.3 Å². The Morgan fingerprint density at radius 1 is 1.06 bits per heavy atom. The fourth-order valence-corrected chi connectivity index (χ4v) is 2.29. The van der Waals surface area contributed by atoms with Crippen molar-refractivity contribution in [2.45, 2.75) is 31.8 Å². The minimum absolute atomic E-state index is 0. The molecule has 96 valence electrons. The zero-order chi connectivity index (χ0) is 11.7. The highest BCUT2D eigenvalue weighted by molar-refractivity contribution is 5.85. The van der Waals surface area contributed by atoms with Crippen LogP contribution in [0.5, 0.6) is 0 Å². The Labute approximate surface area is 104 Å². The molecule has 0 heterocycles. The maximum Gasteiger partial charge on any atom is 0.194 e. The van der Waals surface area contributed by atoms with Crippen LogP contribution in [-0.4, -0.2) is 5.11 Å². The minimum Gasteiger partial charge on any atom is -0.388 e. The number of halogens is 4. The number of aliphatic hydroxyl groups excluding tert-OH is 1. The van der Waals surface area contributed by atoms with Crippen molar-refractivity contribution in [2.24, 2.45) is 5.92 Å². The van der Waals surface area contributed by atoms with Crippen molar-refractivity contribution in [3.05, 3.63) is 35.1 Å². The second-order valence-corrected chi connectivity index (χ2v) is 4.29. The molecule has 0 bridgehead atoms. The van der Waals surface area contributed by atoms with E-state index in [2.05, 4.69) is 0 Å². The highest BCUT2D eigenvalue weighted by Gasteiger charge is 2.26. The predicted molar refractivity (Wildman–Crippen MR) is 60.5 cm³/mol. The van der Waals surface area contributed by atoms with Gasteiger partial charge in [-0.25, -0.2) is 13.2 Å². The molecule has 17 heavy (non-hydrogen) atoms. The predicted octanol–water partition coefficient (Wildman–Crippen LogP) is 3.75. The summed E-state index contributed by atoms with van der Waals surface area (Å²) in [6.45, 7) is 0. The third-order valence-corrected chi connectivity index (χ3v) is 3.19. The smallest absolute Gasteiger partial charge is 0.194 e. The number of aliphatic hydroxyl groups is 1. The molecular weight excluding hydrogens is 253 g/mol. The molecule has 0 saturated heterocycles. The summed E-state index contributed by atoms with van der Waals surface area (Å²) in [7, 11) is 0. The lowest BCUT2D eigenvalue weighted by Crippen LogP contribution is -2.10. The maximum absolute atomic E-state index is 13.0. The van der Waals surface area contributed by atoms with E-state index < -0.39 is 23.6 Å². The summed E-state index contributed by atoms with van der Waals surface area (Å²) >= 11 is 0. The topological polar surface area (TPSA) is 20.2 Å². The summed E-state index contributed by atoms with van der Waals surface area (Å²) in [6, 6.07) is 1.75. The maximum atomic E-state index is 13.0. The van der Waals surface area contributed by atoms with E-state index in [1.807, 2.05) is 0 Å². The second kappa shape index (κ2) is 5.74. The Hall–Kier alpha value is -0.740. The number of hydrogen-bond acceptors (Lipinski definition) is 1. The van der Waals surface area contributed by atoms with Gasteiger partial charge in [0.05, 0.1) is 6.10 Å². The van der Waals surface area contributed by atoms with E-state index in [1.165, 1.54) is 0 Å². The van der Waals surface area contributed by atoms with Crippen LogP contribution >= 0.6 is 12.4 Å². The van der Waals surface area contributed by atoms with Crippen LogP contribution in [0.15, 0.2) is 12.1 Å². The fourth-order valence-electron chi connectivity index (χ4n) is 2.29.